The fourth-order valence-electron chi connectivity index (χ4n) is 2.25. The maximum atomic E-state index is 12.6. The van der Waals surface area contributed by atoms with Crippen LogP contribution in [0.2, 0.25) is 0 Å². The summed E-state index contributed by atoms with van der Waals surface area (Å²) in [6, 6.07) is 9.56. The number of nitriles is 1. The Kier molecular flexibility index (Phi) is 6.14. The number of carbonyl (C=O) groups excluding carboxylic acids is 1. The van der Waals surface area contributed by atoms with Crippen molar-refractivity contribution in [1.29, 1.82) is 5.26 Å². The van der Waals surface area contributed by atoms with Gasteiger partial charge >= 0.3 is 5.97 Å². The van der Waals surface area contributed by atoms with Gasteiger partial charge in [0.2, 0.25) is 0 Å². The molecule has 1 heterocycles. The fourth-order valence-corrected chi connectivity index (χ4v) is 3.33. The Morgan fingerprint density at radius 3 is 2.72 bits per heavy atom. The summed E-state index contributed by atoms with van der Waals surface area (Å²) in [5.41, 5.74) is 1.53. The number of carbonyl (C=O) groups is 1. The van der Waals surface area contributed by atoms with Gasteiger partial charge in [0.15, 0.2) is 5.57 Å². The number of hydrogen-bond acceptors (Lipinski definition) is 6. The zero-order valence-electron chi connectivity index (χ0n) is 14.3. The van der Waals surface area contributed by atoms with Gasteiger partial charge in [-0.05, 0) is 32.4 Å². The number of rotatable bonds is 5. The standard InChI is InChI=1S/C18H19N3O3S/c1-4-21-16(22)15(11-20-14-9-7-6-8-12(14)3)25-17(21)13(10-19)18(23)24-5-2/h6-9,11,20H,4-5H2,1-3H3/b15-11+,17-13+. The lowest BCUT2D eigenvalue weighted by Gasteiger charge is -2.02. The average molecular weight is 357 g/mol. The van der Waals surface area contributed by atoms with E-state index in [1.165, 1.54) is 4.57 Å². The van der Waals surface area contributed by atoms with E-state index in [1.807, 2.05) is 37.3 Å². The Bertz CT molecular complexity index is 996. The molecule has 0 saturated heterocycles. The summed E-state index contributed by atoms with van der Waals surface area (Å²) in [6.07, 6.45) is 1.60. The minimum Gasteiger partial charge on any atom is -0.462 e. The van der Waals surface area contributed by atoms with Crippen molar-refractivity contribution < 1.29 is 9.53 Å². The van der Waals surface area contributed by atoms with Crippen LogP contribution in [0.4, 0.5) is 5.69 Å². The van der Waals surface area contributed by atoms with Gasteiger partial charge in [0.25, 0.3) is 5.56 Å². The van der Waals surface area contributed by atoms with Gasteiger partial charge in [0, 0.05) is 18.4 Å². The molecule has 0 amide bonds. The van der Waals surface area contributed by atoms with Crippen molar-refractivity contribution >= 4 is 34.8 Å². The van der Waals surface area contributed by atoms with Crippen molar-refractivity contribution in [2.24, 2.45) is 0 Å². The van der Waals surface area contributed by atoms with E-state index in [4.69, 9.17) is 4.74 Å². The molecule has 130 valence electrons. The lowest BCUT2D eigenvalue weighted by atomic mass is 10.2. The van der Waals surface area contributed by atoms with Crippen LogP contribution >= 0.6 is 11.3 Å². The van der Waals surface area contributed by atoms with Crippen LogP contribution in [0.1, 0.15) is 19.4 Å². The topological polar surface area (TPSA) is 84.1 Å². The van der Waals surface area contributed by atoms with E-state index in [2.05, 4.69) is 5.32 Å². The Hall–Kier alpha value is -2.85. The predicted octanol–water partition coefficient (Wildman–Crippen LogP) is 1.33. The number of aryl methyl sites for hydroxylation is 1. The van der Waals surface area contributed by atoms with Gasteiger partial charge in [-0.3, -0.25) is 9.36 Å². The van der Waals surface area contributed by atoms with E-state index in [-0.39, 0.29) is 17.7 Å². The first-order valence-corrected chi connectivity index (χ1v) is 8.68. The smallest absolute Gasteiger partial charge is 0.351 e. The lowest BCUT2D eigenvalue weighted by Crippen LogP contribution is -2.32. The summed E-state index contributed by atoms with van der Waals surface area (Å²) in [4.78, 5) is 24.5. The summed E-state index contributed by atoms with van der Waals surface area (Å²) in [5, 5.41) is 12.4. The van der Waals surface area contributed by atoms with Crippen LogP contribution in [0.25, 0.3) is 11.8 Å². The van der Waals surface area contributed by atoms with Crippen molar-refractivity contribution in [3.8, 4) is 6.07 Å². The first-order chi connectivity index (χ1) is 12.0. The molecule has 0 spiro atoms. The van der Waals surface area contributed by atoms with Crippen LogP contribution in [0, 0.1) is 18.3 Å². The molecule has 0 radical (unpaired) electrons. The van der Waals surface area contributed by atoms with Gasteiger partial charge in [-0.25, -0.2) is 4.79 Å². The van der Waals surface area contributed by atoms with Gasteiger partial charge < -0.3 is 10.1 Å². The van der Waals surface area contributed by atoms with E-state index in [0.29, 0.717) is 15.7 Å². The van der Waals surface area contributed by atoms with Crippen molar-refractivity contribution in [2.45, 2.75) is 27.3 Å². The molecule has 2 aromatic rings. The average Bonchev–Trinajstić information content (AvgIpc) is 2.91. The van der Waals surface area contributed by atoms with E-state index in [9.17, 15) is 14.9 Å². The second-order valence-electron chi connectivity index (χ2n) is 5.13. The minimum atomic E-state index is -0.716. The molecule has 0 bridgehead atoms. The SMILES string of the molecule is CCOC(=O)/C(C#N)=c1/s/c(=C/Nc2ccccc2C)c(=O)n1CC. The first kappa shape index (κ1) is 18.5. The molecule has 25 heavy (non-hydrogen) atoms. The van der Waals surface area contributed by atoms with Gasteiger partial charge in [-0.1, -0.05) is 18.2 Å². The second kappa shape index (κ2) is 8.31. The maximum Gasteiger partial charge on any atom is 0.351 e. The summed E-state index contributed by atoms with van der Waals surface area (Å²) >= 11 is 1.09. The molecule has 1 N–H and O–H groups in total. The Morgan fingerprint density at radius 2 is 2.12 bits per heavy atom. The molecule has 0 atom stereocenters. The van der Waals surface area contributed by atoms with Gasteiger partial charge in [0.1, 0.15) is 15.3 Å². The van der Waals surface area contributed by atoms with Crippen LogP contribution in [0.3, 0.4) is 0 Å². The largest absolute Gasteiger partial charge is 0.462 e. The molecule has 7 heteroatoms. The molecule has 0 aliphatic carbocycles. The van der Waals surface area contributed by atoms with E-state index >= 15 is 0 Å². The monoisotopic (exact) mass is 357 g/mol. The Balaban J connectivity index is 2.60. The molecular weight excluding hydrogens is 338 g/mol. The molecular formula is C18H19N3O3S. The number of anilines is 1. The molecule has 0 unspecified atom stereocenters. The van der Waals surface area contributed by atoms with Crippen molar-refractivity contribution in [2.75, 3.05) is 11.9 Å². The van der Waals surface area contributed by atoms with Crippen LogP contribution in [0.5, 0.6) is 0 Å². The number of esters is 1. The molecule has 0 saturated carbocycles. The number of aromatic nitrogens is 1. The quantitative estimate of drug-likeness (QED) is 0.816. The molecule has 1 aromatic heterocycles. The Morgan fingerprint density at radius 1 is 1.40 bits per heavy atom. The number of thiazole rings is 1. The highest BCUT2D eigenvalue weighted by Crippen LogP contribution is 2.12. The third-order valence-electron chi connectivity index (χ3n) is 3.53. The predicted molar refractivity (Wildman–Crippen MR) is 98.4 cm³/mol. The fraction of sp³-hybridized carbons (Fsp3) is 0.278. The van der Waals surface area contributed by atoms with Gasteiger partial charge in [-0.2, -0.15) is 5.26 Å². The minimum absolute atomic E-state index is 0.152. The number of ether oxygens (including phenoxy) is 1. The van der Waals surface area contributed by atoms with E-state index < -0.39 is 5.97 Å². The molecule has 1 aromatic carbocycles. The maximum absolute atomic E-state index is 12.6. The Labute approximate surface area is 149 Å². The summed E-state index contributed by atoms with van der Waals surface area (Å²) < 4.78 is 7.04. The highest BCUT2D eigenvalue weighted by Gasteiger charge is 2.16. The van der Waals surface area contributed by atoms with Gasteiger partial charge in [-0.15, -0.1) is 11.3 Å². The first-order valence-electron chi connectivity index (χ1n) is 7.87. The van der Waals surface area contributed by atoms with Crippen LogP contribution < -0.4 is 20.1 Å². The zero-order valence-corrected chi connectivity index (χ0v) is 15.1. The lowest BCUT2D eigenvalue weighted by molar-refractivity contribution is -0.136. The summed E-state index contributed by atoms with van der Waals surface area (Å²) in [6.45, 7) is 5.94. The van der Waals surface area contributed by atoms with Crippen LogP contribution in [0.15, 0.2) is 29.1 Å². The number of nitrogens with one attached hydrogen (secondary N) is 1. The van der Waals surface area contributed by atoms with Crippen LogP contribution in [-0.2, 0) is 16.1 Å². The van der Waals surface area contributed by atoms with Crippen LogP contribution in [-0.4, -0.2) is 17.1 Å². The highest BCUT2D eigenvalue weighted by atomic mass is 32.1. The zero-order chi connectivity index (χ0) is 18.4. The third kappa shape index (κ3) is 3.98. The van der Waals surface area contributed by atoms with Crippen molar-refractivity contribution in [3.63, 3.8) is 0 Å². The van der Waals surface area contributed by atoms with Crippen molar-refractivity contribution in [3.05, 3.63) is 49.4 Å². The number of para-hydroxylation sites is 1. The molecule has 0 aliphatic heterocycles. The highest BCUT2D eigenvalue weighted by molar-refractivity contribution is 7.07. The van der Waals surface area contributed by atoms with Gasteiger partial charge in [0.05, 0.1) is 6.61 Å². The third-order valence-corrected chi connectivity index (χ3v) is 4.66. The number of benzene rings is 1. The normalized spacial score (nSPS) is 12.5. The summed E-state index contributed by atoms with van der Waals surface area (Å²) in [7, 11) is 0. The van der Waals surface area contributed by atoms with E-state index in [1.54, 1.807) is 20.0 Å². The number of nitrogens with zero attached hydrogens (tertiary/aromatic N) is 2. The molecule has 0 fully saturated rings. The van der Waals surface area contributed by atoms with Crippen molar-refractivity contribution in [1.82, 2.24) is 4.57 Å². The molecule has 6 nitrogen and oxygen atoms in total. The second-order valence-corrected chi connectivity index (χ2v) is 6.16. The number of hydrogen-bond donors (Lipinski definition) is 1. The summed E-state index contributed by atoms with van der Waals surface area (Å²) in [5.74, 6) is -0.716. The molecule has 2 rings (SSSR count). The molecule has 0 aliphatic rings. The van der Waals surface area contributed by atoms with E-state index in [0.717, 1.165) is 22.6 Å².